The van der Waals surface area contributed by atoms with Crippen molar-refractivity contribution >= 4 is 5.97 Å². The predicted molar refractivity (Wildman–Crippen MR) is 146 cm³/mol. The number of aryl methyl sites for hydroxylation is 1. The Kier molecular flexibility index (Phi) is 10.2. The van der Waals surface area contributed by atoms with Crippen LogP contribution in [0.25, 0.3) is 0 Å². The van der Waals surface area contributed by atoms with Gasteiger partial charge in [0.1, 0.15) is 11.6 Å². The molecule has 0 bridgehead atoms. The Hall–Kier alpha value is -1.90. The lowest BCUT2D eigenvalue weighted by molar-refractivity contribution is -0.144. The minimum absolute atomic E-state index is 0.0236. The zero-order valence-corrected chi connectivity index (χ0v) is 22.6. The molecule has 0 aliphatic heterocycles. The second-order valence-electron chi connectivity index (χ2n) is 11.7. The zero-order valence-electron chi connectivity index (χ0n) is 22.6. The minimum atomic E-state index is -0.275. The molecule has 198 valence electrons. The molecule has 3 heteroatoms. The summed E-state index contributed by atoms with van der Waals surface area (Å²) < 4.78 is 20.3. The topological polar surface area (TPSA) is 26.3 Å². The predicted octanol–water partition coefficient (Wildman–Crippen LogP) is 9.24. The maximum absolute atomic E-state index is 14.5. The van der Waals surface area contributed by atoms with Crippen LogP contribution >= 0.6 is 0 Å². The van der Waals surface area contributed by atoms with Crippen LogP contribution in [0.4, 0.5) is 4.39 Å². The number of fused-ring (bicyclic) bond motifs is 1. The van der Waals surface area contributed by atoms with Gasteiger partial charge in [0.2, 0.25) is 0 Å². The Morgan fingerprint density at radius 2 is 1.67 bits per heavy atom. The van der Waals surface area contributed by atoms with E-state index >= 15 is 0 Å². The van der Waals surface area contributed by atoms with Gasteiger partial charge in [0.15, 0.2) is 0 Å². The molecule has 0 spiro atoms. The van der Waals surface area contributed by atoms with Gasteiger partial charge in [-0.3, -0.25) is 4.79 Å². The van der Waals surface area contributed by atoms with E-state index in [1.165, 1.54) is 63.9 Å². The quantitative estimate of drug-likeness (QED) is 0.194. The summed E-state index contributed by atoms with van der Waals surface area (Å²) in [6.07, 6.45) is 25.3. The van der Waals surface area contributed by atoms with Crippen LogP contribution in [0.15, 0.2) is 42.5 Å². The molecule has 2 nitrogen and oxygen atoms in total. The monoisotopic (exact) mass is 494 g/mol. The van der Waals surface area contributed by atoms with Crippen LogP contribution < -0.4 is 4.74 Å². The Labute approximate surface area is 218 Å². The highest BCUT2D eigenvalue weighted by atomic mass is 19.1. The van der Waals surface area contributed by atoms with Crippen molar-refractivity contribution in [3.8, 4) is 5.75 Å². The van der Waals surface area contributed by atoms with Crippen molar-refractivity contribution in [3.05, 3.63) is 53.9 Å². The van der Waals surface area contributed by atoms with Gasteiger partial charge in [-0.2, -0.15) is 0 Å². The molecule has 0 amide bonds. The Balaban J connectivity index is 1.28. The molecule has 0 radical (unpaired) electrons. The van der Waals surface area contributed by atoms with E-state index in [4.69, 9.17) is 4.74 Å². The lowest BCUT2D eigenvalue weighted by atomic mass is 9.59. The van der Waals surface area contributed by atoms with Crippen LogP contribution in [0, 0.1) is 41.3 Å². The second kappa shape index (κ2) is 13.6. The highest BCUT2D eigenvalue weighted by molar-refractivity contribution is 5.75. The SMILES string of the molecule is C/C=C/CCc1ccc(OC(=O)C2CCCC3CC(C4CCC(CC/C=C/C)CC4)CCC32)cc1F. The normalized spacial score (nSPS) is 31.0. The van der Waals surface area contributed by atoms with Gasteiger partial charge < -0.3 is 4.74 Å². The van der Waals surface area contributed by atoms with Gasteiger partial charge in [-0.1, -0.05) is 56.1 Å². The van der Waals surface area contributed by atoms with E-state index in [-0.39, 0.29) is 17.7 Å². The average Bonchev–Trinajstić information content (AvgIpc) is 2.90. The number of halogens is 1. The van der Waals surface area contributed by atoms with E-state index in [1.807, 2.05) is 19.1 Å². The molecule has 3 aliphatic rings. The molecular weight excluding hydrogens is 447 g/mol. The smallest absolute Gasteiger partial charge is 0.314 e. The minimum Gasteiger partial charge on any atom is -0.426 e. The fraction of sp³-hybridized carbons (Fsp3) is 0.667. The summed E-state index contributed by atoms with van der Waals surface area (Å²) in [6.45, 7) is 4.09. The molecule has 0 heterocycles. The molecule has 0 saturated heterocycles. The first-order valence-corrected chi connectivity index (χ1v) is 14.8. The van der Waals surface area contributed by atoms with Crippen molar-refractivity contribution in [1.29, 1.82) is 0 Å². The third-order valence-corrected chi connectivity index (χ3v) is 9.59. The molecule has 4 unspecified atom stereocenters. The summed E-state index contributed by atoms with van der Waals surface area (Å²) in [5, 5.41) is 0. The average molecular weight is 495 g/mol. The molecular formula is C33H47FO2. The van der Waals surface area contributed by atoms with E-state index in [1.54, 1.807) is 12.1 Å². The summed E-state index contributed by atoms with van der Waals surface area (Å²) >= 11 is 0. The summed E-state index contributed by atoms with van der Waals surface area (Å²) in [5.41, 5.74) is 0.677. The molecule has 4 atom stereocenters. The highest BCUT2D eigenvalue weighted by Crippen LogP contribution is 2.50. The number of ether oxygens (including phenoxy) is 1. The van der Waals surface area contributed by atoms with Crippen LogP contribution in [0.5, 0.6) is 5.75 Å². The van der Waals surface area contributed by atoms with E-state index in [0.717, 1.165) is 43.4 Å². The van der Waals surface area contributed by atoms with Crippen LogP contribution in [0.2, 0.25) is 0 Å². The standard InChI is InChI=1S/C33H47FO2/c1-3-5-7-10-24-14-16-25(17-15-24)27-19-21-30-28(22-27)12-9-13-31(30)33(35)36-29-20-18-26(32(34)23-29)11-8-6-4-2/h3-6,18,20,23-25,27-28,30-31H,7-17,19,21-22H2,1-2H3/b5-3+,6-4+. The van der Waals surface area contributed by atoms with Gasteiger partial charge in [0.05, 0.1) is 5.92 Å². The first-order valence-electron chi connectivity index (χ1n) is 14.8. The maximum atomic E-state index is 14.5. The number of carbonyl (C=O) groups is 1. The van der Waals surface area contributed by atoms with E-state index in [9.17, 15) is 9.18 Å². The number of hydrogen-bond donors (Lipinski definition) is 0. The lowest BCUT2D eigenvalue weighted by Gasteiger charge is -2.46. The third kappa shape index (κ3) is 7.11. The molecule has 0 N–H and O–H groups in total. The lowest BCUT2D eigenvalue weighted by Crippen LogP contribution is -2.40. The molecule has 0 aromatic heterocycles. The van der Waals surface area contributed by atoms with Gasteiger partial charge in [0.25, 0.3) is 0 Å². The highest BCUT2D eigenvalue weighted by Gasteiger charge is 2.43. The zero-order chi connectivity index (χ0) is 25.3. The van der Waals surface area contributed by atoms with Gasteiger partial charge in [0, 0.05) is 6.07 Å². The maximum Gasteiger partial charge on any atom is 0.314 e. The molecule has 1 aromatic carbocycles. The molecule has 3 saturated carbocycles. The van der Waals surface area contributed by atoms with Crippen LogP contribution in [-0.4, -0.2) is 5.97 Å². The number of esters is 1. The van der Waals surface area contributed by atoms with Gasteiger partial charge in [-0.15, -0.1) is 0 Å². The molecule has 36 heavy (non-hydrogen) atoms. The number of rotatable bonds is 9. The Morgan fingerprint density at radius 1 is 0.917 bits per heavy atom. The van der Waals surface area contributed by atoms with Crippen molar-refractivity contribution in [2.24, 2.45) is 35.5 Å². The summed E-state index contributed by atoms with van der Waals surface area (Å²) in [7, 11) is 0. The van der Waals surface area contributed by atoms with Crippen LogP contribution in [0.3, 0.4) is 0 Å². The van der Waals surface area contributed by atoms with Crippen molar-refractivity contribution < 1.29 is 13.9 Å². The van der Waals surface area contributed by atoms with Crippen molar-refractivity contribution in [1.82, 2.24) is 0 Å². The summed E-state index contributed by atoms with van der Waals surface area (Å²) in [6, 6.07) is 4.93. The third-order valence-electron chi connectivity index (χ3n) is 9.59. The molecule has 1 aromatic rings. The van der Waals surface area contributed by atoms with E-state index < -0.39 is 0 Å². The number of benzene rings is 1. The summed E-state index contributed by atoms with van der Waals surface area (Å²) in [5.74, 6) is 3.70. The summed E-state index contributed by atoms with van der Waals surface area (Å²) in [4.78, 5) is 13.2. The van der Waals surface area contributed by atoms with Crippen LogP contribution in [-0.2, 0) is 11.2 Å². The molecule has 4 rings (SSSR count). The van der Waals surface area contributed by atoms with Crippen molar-refractivity contribution in [2.75, 3.05) is 0 Å². The largest absolute Gasteiger partial charge is 0.426 e. The van der Waals surface area contributed by atoms with Crippen LogP contribution in [0.1, 0.15) is 103 Å². The van der Waals surface area contributed by atoms with Crippen molar-refractivity contribution in [2.45, 2.75) is 104 Å². The fourth-order valence-electron chi connectivity index (χ4n) is 7.56. The second-order valence-corrected chi connectivity index (χ2v) is 11.7. The first kappa shape index (κ1) is 27.1. The van der Waals surface area contributed by atoms with E-state index in [0.29, 0.717) is 29.6 Å². The molecule has 3 fully saturated rings. The Bertz CT molecular complexity index is 895. The van der Waals surface area contributed by atoms with Gasteiger partial charge in [-0.25, -0.2) is 4.39 Å². The number of allylic oxidation sites excluding steroid dienone is 4. The first-order chi connectivity index (χ1) is 17.6. The van der Waals surface area contributed by atoms with Gasteiger partial charge in [-0.05, 0) is 119 Å². The van der Waals surface area contributed by atoms with E-state index in [2.05, 4.69) is 19.1 Å². The molecule has 3 aliphatic carbocycles. The number of hydrogen-bond acceptors (Lipinski definition) is 2. The van der Waals surface area contributed by atoms with Gasteiger partial charge >= 0.3 is 5.97 Å². The van der Waals surface area contributed by atoms with Crippen molar-refractivity contribution in [3.63, 3.8) is 0 Å². The fourth-order valence-corrected chi connectivity index (χ4v) is 7.56. The Morgan fingerprint density at radius 3 is 2.42 bits per heavy atom. The number of carbonyl (C=O) groups excluding carboxylic acids is 1.